The van der Waals surface area contributed by atoms with Gasteiger partial charge in [0.1, 0.15) is 11.5 Å². The largest absolute Gasteiger partial charge is 0.496 e. The van der Waals surface area contributed by atoms with Crippen molar-refractivity contribution in [3.05, 3.63) is 53.7 Å². The molecule has 0 saturated heterocycles. The van der Waals surface area contributed by atoms with E-state index >= 15 is 0 Å². The first kappa shape index (κ1) is 21.7. The summed E-state index contributed by atoms with van der Waals surface area (Å²) >= 11 is 0. The van der Waals surface area contributed by atoms with Gasteiger partial charge in [0.15, 0.2) is 5.58 Å². The summed E-state index contributed by atoms with van der Waals surface area (Å²) in [4.78, 5) is 23.8. The van der Waals surface area contributed by atoms with Crippen LogP contribution in [-0.4, -0.2) is 62.8 Å². The van der Waals surface area contributed by atoms with E-state index in [0.29, 0.717) is 17.8 Å². The van der Waals surface area contributed by atoms with Crippen LogP contribution in [0.25, 0.3) is 11.0 Å². The van der Waals surface area contributed by atoms with Gasteiger partial charge in [-0.1, -0.05) is 23.4 Å². The molecule has 0 spiro atoms. The van der Waals surface area contributed by atoms with E-state index in [4.69, 9.17) is 14.0 Å². The van der Waals surface area contributed by atoms with Crippen molar-refractivity contribution in [2.45, 2.75) is 6.42 Å². The Morgan fingerprint density at radius 1 is 1.14 bits per heavy atom. The predicted molar refractivity (Wildman–Crippen MR) is 109 cm³/mol. The maximum atomic E-state index is 11.6. The summed E-state index contributed by atoms with van der Waals surface area (Å²) in [6.45, 7) is 0. The van der Waals surface area contributed by atoms with Crippen LogP contribution in [0.15, 0.2) is 47.0 Å². The number of carbonyl (C=O) groups is 2. The van der Waals surface area contributed by atoms with Crippen LogP contribution >= 0.6 is 0 Å². The molecule has 154 valence electrons. The number of benzene rings is 2. The zero-order chi connectivity index (χ0) is 21.4. The number of fused-ring (bicyclic) bond motifs is 1. The summed E-state index contributed by atoms with van der Waals surface area (Å²) in [6, 6.07) is 13.0. The molecule has 1 heterocycles. The fourth-order valence-corrected chi connectivity index (χ4v) is 2.38. The van der Waals surface area contributed by atoms with Crippen LogP contribution in [0.4, 0.5) is 4.79 Å². The molecule has 0 radical (unpaired) electrons. The van der Waals surface area contributed by atoms with Crippen LogP contribution in [-0.2, 0) is 11.2 Å². The van der Waals surface area contributed by atoms with Gasteiger partial charge in [-0.2, -0.15) is 0 Å². The number of aromatic nitrogens is 1. The molecule has 3 rings (SSSR count). The highest BCUT2D eigenvalue weighted by Crippen LogP contribution is 2.28. The van der Waals surface area contributed by atoms with E-state index in [2.05, 4.69) is 5.16 Å². The minimum absolute atomic E-state index is 0.418. The second-order valence-electron chi connectivity index (χ2n) is 6.61. The van der Waals surface area contributed by atoms with Gasteiger partial charge in [-0.15, -0.1) is 0 Å². The van der Waals surface area contributed by atoms with Crippen LogP contribution in [0.5, 0.6) is 11.5 Å². The third-order valence-corrected chi connectivity index (χ3v) is 3.85. The minimum atomic E-state index is -0.442. The Morgan fingerprint density at radius 2 is 1.83 bits per heavy atom. The van der Waals surface area contributed by atoms with Gasteiger partial charge in [-0.05, 0) is 18.2 Å². The Hall–Kier alpha value is -3.55. The van der Waals surface area contributed by atoms with Gasteiger partial charge in [0.25, 0.3) is 0 Å². The quantitative estimate of drug-likeness (QED) is 0.613. The average Bonchev–Trinajstić information content (AvgIpc) is 3.10. The summed E-state index contributed by atoms with van der Waals surface area (Å²) in [6.07, 6.45) is 0.900. The van der Waals surface area contributed by atoms with E-state index in [9.17, 15) is 9.59 Å². The number of amides is 2. The topological polar surface area (TPSA) is 85.1 Å². The Labute approximate surface area is 169 Å². The van der Waals surface area contributed by atoms with Crippen LogP contribution in [0.2, 0.25) is 0 Å². The number of methoxy groups -OCH3 is 1. The minimum Gasteiger partial charge on any atom is -0.496 e. The molecule has 0 fully saturated rings. The zero-order valence-electron chi connectivity index (χ0n) is 17.2. The molecule has 0 N–H and O–H groups in total. The second-order valence-corrected chi connectivity index (χ2v) is 6.61. The lowest BCUT2D eigenvalue weighted by Crippen LogP contribution is -2.25. The van der Waals surface area contributed by atoms with Gasteiger partial charge in [-0.3, -0.25) is 4.79 Å². The lowest BCUT2D eigenvalue weighted by Gasteiger charge is -2.10. The molecule has 8 nitrogen and oxygen atoms in total. The summed E-state index contributed by atoms with van der Waals surface area (Å²) in [5.41, 5.74) is 2.40. The number of hydrogen-bond acceptors (Lipinski definition) is 6. The van der Waals surface area contributed by atoms with E-state index in [0.717, 1.165) is 28.8 Å². The van der Waals surface area contributed by atoms with Crippen LogP contribution in [0.3, 0.4) is 0 Å². The van der Waals surface area contributed by atoms with E-state index in [-0.39, 0.29) is 0 Å². The highest BCUT2D eigenvalue weighted by molar-refractivity contribution is 5.82. The molecule has 0 aliphatic carbocycles. The normalized spacial score (nSPS) is 9.97. The second kappa shape index (κ2) is 10.1. The number of hydrogen-bond donors (Lipinski definition) is 0. The highest BCUT2D eigenvalue weighted by Gasteiger charge is 2.14. The van der Waals surface area contributed by atoms with Crippen molar-refractivity contribution < 1.29 is 23.6 Å². The molecule has 1 aromatic heterocycles. The summed E-state index contributed by atoms with van der Waals surface area (Å²) in [5.74, 6) is 1.23. The molecule has 0 unspecified atom stereocenters. The Balaban J connectivity index is 0.000000537. The zero-order valence-corrected chi connectivity index (χ0v) is 17.2. The molecular weight excluding hydrogens is 374 g/mol. The number of nitrogens with zero attached hydrogens (tertiary/aromatic N) is 3. The smallest absolute Gasteiger partial charge is 0.414 e. The summed E-state index contributed by atoms with van der Waals surface area (Å²) in [5, 5.41) is 5.02. The van der Waals surface area contributed by atoms with Crippen molar-refractivity contribution >= 4 is 23.5 Å². The lowest BCUT2D eigenvalue weighted by atomic mass is 10.1. The van der Waals surface area contributed by atoms with E-state index < -0.39 is 6.09 Å². The van der Waals surface area contributed by atoms with Crippen molar-refractivity contribution in [3.63, 3.8) is 0 Å². The van der Waals surface area contributed by atoms with Crippen molar-refractivity contribution in [2.75, 3.05) is 35.3 Å². The van der Waals surface area contributed by atoms with E-state index in [1.54, 1.807) is 47.4 Å². The van der Waals surface area contributed by atoms with E-state index in [1.165, 1.54) is 9.80 Å². The van der Waals surface area contributed by atoms with Gasteiger partial charge in [0.2, 0.25) is 6.41 Å². The molecule has 2 aromatic carbocycles. The maximum Gasteiger partial charge on any atom is 0.414 e. The Morgan fingerprint density at radius 3 is 2.45 bits per heavy atom. The third kappa shape index (κ3) is 5.97. The lowest BCUT2D eigenvalue weighted by molar-refractivity contribution is -0.115. The molecule has 8 heteroatoms. The molecule has 3 aromatic rings. The fraction of sp³-hybridized carbons (Fsp3) is 0.286. The molecule has 29 heavy (non-hydrogen) atoms. The van der Waals surface area contributed by atoms with Gasteiger partial charge in [0.05, 0.1) is 12.8 Å². The average molecular weight is 399 g/mol. The van der Waals surface area contributed by atoms with Gasteiger partial charge in [-0.25, -0.2) is 4.79 Å². The SMILES string of the molecule is CN(C)C=O.COc1ccccc1Cc1noc2cc(OC(=O)N(C)C)ccc12. The van der Waals surface area contributed by atoms with Crippen LogP contribution in [0.1, 0.15) is 11.3 Å². The molecule has 0 aliphatic heterocycles. The molecular formula is C21H25N3O5. The third-order valence-electron chi connectivity index (χ3n) is 3.85. The summed E-state index contributed by atoms with van der Waals surface area (Å²) < 4.78 is 16.0. The van der Waals surface area contributed by atoms with Gasteiger partial charge < -0.3 is 23.8 Å². The Kier molecular flexibility index (Phi) is 7.59. The number of ether oxygens (including phenoxy) is 2. The van der Waals surface area contributed by atoms with Crippen molar-refractivity contribution in [2.24, 2.45) is 0 Å². The first-order chi connectivity index (χ1) is 13.8. The number of para-hydroxylation sites is 1. The molecule has 0 bridgehead atoms. The monoisotopic (exact) mass is 399 g/mol. The van der Waals surface area contributed by atoms with Crippen LogP contribution < -0.4 is 9.47 Å². The van der Waals surface area contributed by atoms with Crippen LogP contribution in [0, 0.1) is 0 Å². The predicted octanol–water partition coefficient (Wildman–Crippen LogP) is 3.19. The number of carbonyl (C=O) groups excluding carboxylic acids is 2. The van der Waals surface area contributed by atoms with Crippen molar-refractivity contribution in [1.29, 1.82) is 0 Å². The molecule has 0 atom stereocenters. The summed E-state index contributed by atoms with van der Waals surface area (Å²) in [7, 11) is 8.27. The fourth-order valence-electron chi connectivity index (χ4n) is 2.38. The Bertz CT molecular complexity index is 966. The van der Waals surface area contributed by atoms with Crippen molar-refractivity contribution in [1.82, 2.24) is 15.0 Å². The standard InChI is InChI=1S/C18H18N2O4.C3H7NO/c1-20(2)18(21)23-13-8-9-14-15(19-24-17(14)11-13)10-12-6-4-5-7-16(12)22-3;1-4(2)3-5/h4-9,11H,10H2,1-3H3;3H,1-2H3. The van der Waals surface area contributed by atoms with Gasteiger partial charge in [0, 0.05) is 51.6 Å². The first-order valence-electron chi connectivity index (χ1n) is 8.86. The molecule has 0 saturated carbocycles. The molecule has 0 aliphatic rings. The number of rotatable bonds is 5. The van der Waals surface area contributed by atoms with Crippen molar-refractivity contribution in [3.8, 4) is 11.5 Å². The molecule has 2 amide bonds. The maximum absolute atomic E-state index is 11.6. The van der Waals surface area contributed by atoms with E-state index in [1.807, 2.05) is 30.3 Å². The van der Waals surface area contributed by atoms with Gasteiger partial charge >= 0.3 is 6.09 Å². The highest BCUT2D eigenvalue weighted by atomic mass is 16.6. The first-order valence-corrected chi connectivity index (χ1v) is 8.86.